The Morgan fingerprint density at radius 1 is 1.25 bits per heavy atom. The molecule has 0 heterocycles. The van der Waals surface area contributed by atoms with Crippen molar-refractivity contribution < 1.29 is 5.21 Å². The van der Waals surface area contributed by atoms with Crippen molar-refractivity contribution in [2.45, 2.75) is 12.8 Å². The molecule has 3 nitrogen and oxygen atoms in total. The first kappa shape index (κ1) is 9.19. The van der Waals surface area contributed by atoms with Crippen molar-refractivity contribution in [3.63, 3.8) is 0 Å². The molecule has 0 bridgehead atoms. The zero-order valence-electron chi connectivity index (χ0n) is 6.98. The number of hydrogen-bond acceptors (Lipinski definition) is 3. The molecule has 3 N–H and O–H groups in total. The third kappa shape index (κ3) is 3.48. The molecule has 0 aromatic heterocycles. The topological polar surface area (TPSA) is 49.5 Å². The fourth-order valence-electron chi connectivity index (χ4n) is 1.09. The van der Waals surface area contributed by atoms with E-state index in [1.165, 1.54) is 5.56 Å². The number of hydrazine groups is 1. The van der Waals surface area contributed by atoms with Gasteiger partial charge < -0.3 is 0 Å². The Kier molecular flexibility index (Phi) is 3.73. The molecule has 66 valence electrons. The van der Waals surface area contributed by atoms with Crippen molar-refractivity contribution >= 4 is 0 Å². The number of rotatable bonds is 4. The molecule has 0 aliphatic rings. The lowest BCUT2D eigenvalue weighted by Crippen LogP contribution is -2.27. The molecule has 12 heavy (non-hydrogen) atoms. The predicted molar refractivity (Wildman–Crippen MR) is 47.4 cm³/mol. The van der Waals surface area contributed by atoms with E-state index >= 15 is 0 Å². The lowest BCUT2D eigenvalue weighted by molar-refractivity contribution is -0.0934. The third-order valence-corrected chi connectivity index (χ3v) is 1.70. The smallest absolute Gasteiger partial charge is 0.0399 e. The molecule has 0 spiro atoms. The predicted octanol–water partition coefficient (Wildman–Crippen LogP) is 1.18. The summed E-state index contributed by atoms with van der Waals surface area (Å²) in [6, 6.07) is 10.1. The van der Waals surface area contributed by atoms with Crippen LogP contribution in [-0.2, 0) is 6.42 Å². The largest absolute Gasteiger partial charge is 0.299 e. The summed E-state index contributed by atoms with van der Waals surface area (Å²) in [5, 5.41) is 9.37. The molecule has 1 aromatic rings. The van der Waals surface area contributed by atoms with Crippen LogP contribution in [0.25, 0.3) is 0 Å². The third-order valence-electron chi connectivity index (χ3n) is 1.70. The van der Waals surface area contributed by atoms with Crippen molar-refractivity contribution in [1.82, 2.24) is 5.17 Å². The van der Waals surface area contributed by atoms with Crippen molar-refractivity contribution in [1.29, 1.82) is 0 Å². The Bertz CT molecular complexity index is 211. The van der Waals surface area contributed by atoms with E-state index in [-0.39, 0.29) is 0 Å². The molecule has 0 atom stereocenters. The van der Waals surface area contributed by atoms with E-state index in [1.54, 1.807) is 0 Å². The van der Waals surface area contributed by atoms with Crippen LogP contribution in [0.4, 0.5) is 0 Å². The fourth-order valence-corrected chi connectivity index (χ4v) is 1.09. The summed E-state index contributed by atoms with van der Waals surface area (Å²) >= 11 is 0. The van der Waals surface area contributed by atoms with Gasteiger partial charge in [0.15, 0.2) is 0 Å². The minimum Gasteiger partial charge on any atom is -0.299 e. The minimum atomic E-state index is 0.509. The second-order valence-corrected chi connectivity index (χ2v) is 2.75. The number of aryl methyl sites for hydroxylation is 1. The van der Waals surface area contributed by atoms with Crippen molar-refractivity contribution in [2.75, 3.05) is 6.54 Å². The second kappa shape index (κ2) is 4.87. The Labute approximate surface area is 72.3 Å². The van der Waals surface area contributed by atoms with Crippen LogP contribution in [0.15, 0.2) is 30.3 Å². The van der Waals surface area contributed by atoms with Crippen LogP contribution in [-0.4, -0.2) is 16.9 Å². The van der Waals surface area contributed by atoms with E-state index in [2.05, 4.69) is 12.1 Å². The first-order valence-corrected chi connectivity index (χ1v) is 4.04. The van der Waals surface area contributed by atoms with E-state index in [1.807, 2.05) is 18.2 Å². The molecule has 1 rings (SSSR count). The quantitative estimate of drug-likeness (QED) is 0.521. The normalized spacial score (nSPS) is 10.6. The molecule has 0 radical (unpaired) electrons. The van der Waals surface area contributed by atoms with Gasteiger partial charge in [-0.2, -0.15) is 0 Å². The molecular formula is C9H14N2O. The summed E-state index contributed by atoms with van der Waals surface area (Å²) in [6.45, 7) is 0.509. The summed E-state index contributed by atoms with van der Waals surface area (Å²) in [6.07, 6.45) is 1.83. The maximum absolute atomic E-state index is 8.64. The highest BCUT2D eigenvalue weighted by molar-refractivity contribution is 5.14. The molecule has 0 aliphatic carbocycles. The first-order valence-electron chi connectivity index (χ1n) is 4.04. The number of nitrogens with zero attached hydrogens (tertiary/aromatic N) is 1. The van der Waals surface area contributed by atoms with Crippen LogP contribution in [0.1, 0.15) is 12.0 Å². The minimum absolute atomic E-state index is 0.509. The Morgan fingerprint density at radius 3 is 2.50 bits per heavy atom. The SMILES string of the molecule is NN(O)CCCc1ccccc1. The Morgan fingerprint density at radius 2 is 1.92 bits per heavy atom. The summed E-state index contributed by atoms with van der Waals surface area (Å²) in [7, 11) is 0. The zero-order chi connectivity index (χ0) is 8.81. The molecule has 1 aromatic carbocycles. The van der Waals surface area contributed by atoms with Crippen molar-refractivity contribution in [3.05, 3.63) is 35.9 Å². The molecule has 3 heteroatoms. The highest BCUT2D eigenvalue weighted by Crippen LogP contribution is 2.01. The van der Waals surface area contributed by atoms with E-state index < -0.39 is 0 Å². The second-order valence-electron chi connectivity index (χ2n) is 2.75. The van der Waals surface area contributed by atoms with Gasteiger partial charge in [0.25, 0.3) is 0 Å². The van der Waals surface area contributed by atoms with Gasteiger partial charge in [0, 0.05) is 6.54 Å². The molecule has 0 aliphatic heterocycles. The summed E-state index contributed by atoms with van der Waals surface area (Å²) in [4.78, 5) is 0. The number of hydroxylamine groups is 1. The van der Waals surface area contributed by atoms with Gasteiger partial charge in [0.2, 0.25) is 0 Å². The van der Waals surface area contributed by atoms with Crippen molar-refractivity contribution in [2.24, 2.45) is 5.84 Å². The standard InChI is InChI=1S/C9H14N2O/c10-11(12)8-4-7-9-5-2-1-3-6-9/h1-3,5-6,12H,4,7-8,10H2. The Balaban J connectivity index is 2.25. The molecule has 0 fully saturated rings. The van der Waals surface area contributed by atoms with E-state index in [4.69, 9.17) is 11.0 Å². The van der Waals surface area contributed by atoms with Gasteiger partial charge in [-0.3, -0.25) is 5.21 Å². The average Bonchev–Trinajstić information content (AvgIpc) is 2.05. The number of nitrogens with two attached hydrogens (primary N) is 1. The van der Waals surface area contributed by atoms with Gasteiger partial charge in [-0.05, 0) is 18.4 Å². The number of benzene rings is 1. The van der Waals surface area contributed by atoms with Crippen molar-refractivity contribution in [3.8, 4) is 0 Å². The van der Waals surface area contributed by atoms with Gasteiger partial charge in [-0.1, -0.05) is 30.3 Å². The van der Waals surface area contributed by atoms with Gasteiger partial charge in [-0.25, -0.2) is 5.84 Å². The van der Waals surface area contributed by atoms with E-state index in [9.17, 15) is 0 Å². The van der Waals surface area contributed by atoms with Crippen LogP contribution >= 0.6 is 0 Å². The first-order chi connectivity index (χ1) is 5.79. The van der Waals surface area contributed by atoms with Crippen LogP contribution in [0, 0.1) is 0 Å². The van der Waals surface area contributed by atoms with Crippen LogP contribution in [0.3, 0.4) is 0 Å². The zero-order valence-corrected chi connectivity index (χ0v) is 6.98. The molecule has 0 saturated heterocycles. The monoisotopic (exact) mass is 166 g/mol. The fraction of sp³-hybridized carbons (Fsp3) is 0.333. The molecular weight excluding hydrogens is 152 g/mol. The van der Waals surface area contributed by atoms with Gasteiger partial charge >= 0.3 is 0 Å². The van der Waals surface area contributed by atoms with Gasteiger partial charge in [0.1, 0.15) is 0 Å². The lowest BCUT2D eigenvalue weighted by Gasteiger charge is -2.06. The van der Waals surface area contributed by atoms with Crippen LogP contribution in [0.2, 0.25) is 0 Å². The highest BCUT2D eigenvalue weighted by Gasteiger charge is 1.93. The maximum Gasteiger partial charge on any atom is 0.0399 e. The van der Waals surface area contributed by atoms with Gasteiger partial charge in [0.05, 0.1) is 0 Å². The molecule has 0 saturated carbocycles. The van der Waals surface area contributed by atoms with Gasteiger partial charge in [-0.15, -0.1) is 5.17 Å². The lowest BCUT2D eigenvalue weighted by atomic mass is 10.1. The van der Waals surface area contributed by atoms with Crippen LogP contribution < -0.4 is 5.84 Å². The van der Waals surface area contributed by atoms with E-state index in [0.29, 0.717) is 6.54 Å². The maximum atomic E-state index is 8.64. The summed E-state index contributed by atoms with van der Waals surface area (Å²) in [5.41, 5.74) is 1.28. The Hall–Kier alpha value is -0.900. The average molecular weight is 166 g/mol. The van der Waals surface area contributed by atoms with Crippen LogP contribution in [0.5, 0.6) is 0 Å². The highest BCUT2D eigenvalue weighted by atomic mass is 16.5. The van der Waals surface area contributed by atoms with E-state index in [0.717, 1.165) is 18.0 Å². The molecule has 0 amide bonds. The summed E-state index contributed by atoms with van der Waals surface area (Å²) in [5.74, 6) is 5.05. The number of hydrogen-bond donors (Lipinski definition) is 2. The molecule has 0 unspecified atom stereocenters. The summed E-state index contributed by atoms with van der Waals surface area (Å²) < 4.78 is 0.